The third kappa shape index (κ3) is 3.85. The average molecular weight is 309 g/mol. The van der Waals surface area contributed by atoms with Crippen molar-refractivity contribution in [3.63, 3.8) is 0 Å². The van der Waals surface area contributed by atoms with Crippen LogP contribution in [0.3, 0.4) is 0 Å². The summed E-state index contributed by atoms with van der Waals surface area (Å²) in [5.41, 5.74) is 3.03. The Morgan fingerprint density at radius 2 is 2.05 bits per heavy atom. The van der Waals surface area contributed by atoms with Crippen LogP contribution in [0.1, 0.15) is 5.56 Å². The van der Waals surface area contributed by atoms with Crippen molar-refractivity contribution in [1.29, 1.82) is 0 Å². The number of nitrogens with one attached hydrogen (secondary N) is 2. The minimum Gasteiger partial charge on any atom is -0.434 e. The minimum atomic E-state index is -2.90. The maximum atomic E-state index is 12.5. The van der Waals surface area contributed by atoms with Crippen LogP contribution in [0.15, 0.2) is 41.5 Å². The third-order valence-corrected chi connectivity index (χ3v) is 3.03. The Balaban J connectivity index is 2.42. The van der Waals surface area contributed by atoms with Crippen LogP contribution in [0.4, 0.5) is 8.78 Å². The van der Waals surface area contributed by atoms with E-state index in [0.717, 1.165) is 10.8 Å². The molecule has 0 unspecified atom stereocenters. The summed E-state index contributed by atoms with van der Waals surface area (Å²) in [4.78, 5) is 0. The molecule has 0 amide bonds. The average Bonchev–Trinajstić information content (AvgIpc) is 2.48. The second-order valence-electron chi connectivity index (χ2n) is 4.03. The number of ether oxygens (including phenoxy) is 1. The summed E-state index contributed by atoms with van der Waals surface area (Å²) < 4.78 is 29.5. The molecule has 7 heteroatoms. The van der Waals surface area contributed by atoms with Crippen molar-refractivity contribution in [3.8, 4) is 5.75 Å². The summed E-state index contributed by atoms with van der Waals surface area (Å²) in [6.07, 6.45) is 1.41. The normalized spacial score (nSPS) is 11.0. The van der Waals surface area contributed by atoms with Crippen LogP contribution in [-0.2, 0) is 0 Å². The zero-order valence-electron chi connectivity index (χ0n) is 11.1. The van der Waals surface area contributed by atoms with Gasteiger partial charge in [0.05, 0.1) is 6.21 Å². The smallest absolute Gasteiger partial charge is 0.387 e. The highest BCUT2D eigenvalue weighted by molar-refractivity contribution is 7.80. The maximum absolute atomic E-state index is 12.5. The molecule has 0 spiro atoms. The lowest BCUT2D eigenvalue weighted by Crippen LogP contribution is -2.28. The number of thiocarbonyl (C=S) groups is 1. The van der Waals surface area contributed by atoms with Crippen LogP contribution in [0.25, 0.3) is 10.8 Å². The number of rotatable bonds is 4. The highest BCUT2D eigenvalue weighted by Gasteiger charge is 2.11. The van der Waals surface area contributed by atoms with Crippen LogP contribution in [0.2, 0.25) is 0 Å². The summed E-state index contributed by atoms with van der Waals surface area (Å²) in [6.45, 7) is -2.90. The molecule has 0 atom stereocenters. The standard InChI is InChI=1S/C14H13F2N3OS/c1-17-14(21)19-18-8-11-10-5-3-2-4-9(10)6-7-12(11)20-13(15)16/h2-8,13H,1H3,(H2,17,19,21)/b18-8-. The van der Waals surface area contributed by atoms with E-state index in [-0.39, 0.29) is 5.75 Å². The molecule has 2 aromatic carbocycles. The Hall–Kier alpha value is -2.28. The Labute approximate surface area is 125 Å². The predicted octanol–water partition coefficient (Wildman–Crippen LogP) is 2.87. The van der Waals surface area contributed by atoms with Gasteiger partial charge in [0.2, 0.25) is 0 Å². The minimum absolute atomic E-state index is 0.0598. The van der Waals surface area contributed by atoms with Crippen molar-refractivity contribution >= 4 is 34.3 Å². The van der Waals surface area contributed by atoms with E-state index in [1.807, 2.05) is 24.3 Å². The number of halogens is 2. The molecule has 0 saturated heterocycles. The summed E-state index contributed by atoms with van der Waals surface area (Å²) in [7, 11) is 1.65. The molecule has 2 N–H and O–H groups in total. The number of hydrogen-bond donors (Lipinski definition) is 2. The van der Waals surface area contributed by atoms with E-state index in [2.05, 4.69) is 20.6 Å². The van der Waals surface area contributed by atoms with Crippen molar-refractivity contribution in [2.24, 2.45) is 5.10 Å². The van der Waals surface area contributed by atoms with Gasteiger partial charge in [-0.1, -0.05) is 30.3 Å². The van der Waals surface area contributed by atoms with Gasteiger partial charge in [-0.3, -0.25) is 5.43 Å². The summed E-state index contributed by atoms with van der Waals surface area (Å²) in [5, 5.41) is 8.60. The molecule has 0 heterocycles. The molecule has 0 aliphatic rings. The first kappa shape index (κ1) is 15.1. The molecular formula is C14H13F2N3OS. The quantitative estimate of drug-likeness (QED) is 0.518. The van der Waals surface area contributed by atoms with E-state index in [4.69, 9.17) is 12.2 Å². The molecule has 0 aromatic heterocycles. The Bertz CT molecular complexity index is 676. The van der Waals surface area contributed by atoms with Gasteiger partial charge in [0.15, 0.2) is 5.11 Å². The van der Waals surface area contributed by atoms with Gasteiger partial charge in [-0.2, -0.15) is 13.9 Å². The van der Waals surface area contributed by atoms with Crippen molar-refractivity contribution < 1.29 is 13.5 Å². The lowest BCUT2D eigenvalue weighted by atomic mass is 10.0. The fraction of sp³-hybridized carbons (Fsp3) is 0.143. The highest BCUT2D eigenvalue weighted by atomic mass is 32.1. The molecule has 0 aliphatic heterocycles. The van der Waals surface area contributed by atoms with Crippen LogP contribution in [0, 0.1) is 0 Å². The Morgan fingerprint density at radius 3 is 2.76 bits per heavy atom. The molecule has 0 radical (unpaired) electrons. The van der Waals surface area contributed by atoms with E-state index in [1.165, 1.54) is 12.3 Å². The first-order chi connectivity index (χ1) is 10.1. The van der Waals surface area contributed by atoms with Crippen LogP contribution >= 0.6 is 12.2 Å². The van der Waals surface area contributed by atoms with Crippen LogP contribution in [-0.4, -0.2) is 25.0 Å². The first-order valence-electron chi connectivity index (χ1n) is 6.09. The van der Waals surface area contributed by atoms with Gasteiger partial charge in [-0.05, 0) is 29.1 Å². The molecule has 0 saturated carbocycles. The van der Waals surface area contributed by atoms with Crippen LogP contribution in [0.5, 0.6) is 5.75 Å². The molecular weight excluding hydrogens is 296 g/mol. The van der Waals surface area contributed by atoms with Gasteiger partial charge < -0.3 is 10.1 Å². The summed E-state index contributed by atoms with van der Waals surface area (Å²) >= 11 is 4.88. The van der Waals surface area contributed by atoms with Crippen molar-refractivity contribution in [1.82, 2.24) is 10.7 Å². The largest absolute Gasteiger partial charge is 0.434 e. The zero-order valence-corrected chi connectivity index (χ0v) is 12.0. The van der Waals surface area contributed by atoms with E-state index < -0.39 is 6.61 Å². The lowest BCUT2D eigenvalue weighted by Gasteiger charge is -2.10. The highest BCUT2D eigenvalue weighted by Crippen LogP contribution is 2.27. The number of fused-ring (bicyclic) bond motifs is 1. The maximum Gasteiger partial charge on any atom is 0.387 e. The SMILES string of the molecule is CNC(=S)N/N=C\c1c(OC(F)F)ccc2ccccc12. The van der Waals surface area contributed by atoms with Gasteiger partial charge in [0.1, 0.15) is 5.75 Å². The molecule has 0 fully saturated rings. The van der Waals surface area contributed by atoms with Gasteiger partial charge in [-0.15, -0.1) is 0 Å². The number of hydrazone groups is 1. The Morgan fingerprint density at radius 1 is 1.29 bits per heavy atom. The van der Waals surface area contributed by atoms with E-state index >= 15 is 0 Å². The second kappa shape index (κ2) is 6.94. The third-order valence-electron chi connectivity index (χ3n) is 2.73. The molecule has 0 aliphatic carbocycles. The van der Waals surface area contributed by atoms with Gasteiger partial charge in [0.25, 0.3) is 0 Å². The number of benzene rings is 2. The summed E-state index contributed by atoms with van der Waals surface area (Å²) in [6, 6.07) is 10.6. The zero-order chi connectivity index (χ0) is 15.2. The van der Waals surface area contributed by atoms with Crippen molar-refractivity contribution in [2.75, 3.05) is 7.05 Å². The van der Waals surface area contributed by atoms with Gasteiger partial charge in [0, 0.05) is 12.6 Å². The van der Waals surface area contributed by atoms with Crippen molar-refractivity contribution in [2.45, 2.75) is 6.61 Å². The fourth-order valence-corrected chi connectivity index (χ4v) is 1.87. The summed E-state index contributed by atoms with van der Waals surface area (Å²) in [5.74, 6) is 0.0598. The topological polar surface area (TPSA) is 45.7 Å². The molecule has 0 bridgehead atoms. The first-order valence-corrected chi connectivity index (χ1v) is 6.50. The fourth-order valence-electron chi connectivity index (χ4n) is 1.82. The van der Waals surface area contributed by atoms with Gasteiger partial charge >= 0.3 is 6.61 Å². The number of hydrogen-bond acceptors (Lipinski definition) is 3. The Kier molecular flexibility index (Phi) is 4.99. The molecule has 4 nitrogen and oxygen atoms in total. The van der Waals surface area contributed by atoms with Gasteiger partial charge in [-0.25, -0.2) is 0 Å². The van der Waals surface area contributed by atoms with E-state index in [0.29, 0.717) is 10.7 Å². The predicted molar refractivity (Wildman–Crippen MR) is 83.0 cm³/mol. The van der Waals surface area contributed by atoms with E-state index in [1.54, 1.807) is 13.1 Å². The monoisotopic (exact) mass is 309 g/mol. The number of nitrogens with zero attached hydrogens (tertiary/aromatic N) is 1. The van der Waals surface area contributed by atoms with Crippen molar-refractivity contribution in [3.05, 3.63) is 42.0 Å². The van der Waals surface area contributed by atoms with E-state index in [9.17, 15) is 8.78 Å². The second-order valence-corrected chi connectivity index (χ2v) is 4.43. The number of alkyl halides is 2. The molecule has 21 heavy (non-hydrogen) atoms. The lowest BCUT2D eigenvalue weighted by molar-refractivity contribution is -0.0498. The molecule has 2 rings (SSSR count). The molecule has 110 valence electrons. The van der Waals surface area contributed by atoms with Crippen LogP contribution < -0.4 is 15.5 Å². The molecule has 2 aromatic rings.